The third kappa shape index (κ3) is 2.65. The van der Waals surface area contributed by atoms with Crippen LogP contribution in [0.5, 0.6) is 0 Å². The average Bonchev–Trinajstić information content (AvgIpc) is 2.34. The standard InChI is InChI=1S/C11H13Cl2NO3S/c1-8-6-10(13)11(7-9(8)12)18(15,16)14-2-4-17-5-3-14/h6-7H,2-5H2,1H3. The normalized spacial score (nSPS) is 17.9. The van der Waals surface area contributed by atoms with Crippen molar-refractivity contribution in [2.24, 2.45) is 0 Å². The molecular formula is C11H13Cl2NO3S. The zero-order valence-corrected chi connectivity index (χ0v) is 12.1. The van der Waals surface area contributed by atoms with Crippen LogP contribution >= 0.6 is 23.2 Å². The van der Waals surface area contributed by atoms with Gasteiger partial charge in [-0.05, 0) is 24.6 Å². The maximum atomic E-state index is 12.4. The first-order chi connectivity index (χ1) is 8.43. The highest BCUT2D eigenvalue weighted by Gasteiger charge is 2.28. The molecule has 1 fully saturated rings. The number of aryl methyl sites for hydroxylation is 1. The van der Waals surface area contributed by atoms with E-state index in [1.807, 2.05) is 0 Å². The van der Waals surface area contributed by atoms with Crippen LogP contribution in [0.4, 0.5) is 0 Å². The van der Waals surface area contributed by atoms with Crippen LogP contribution in [0, 0.1) is 6.92 Å². The number of nitrogens with zero attached hydrogens (tertiary/aromatic N) is 1. The van der Waals surface area contributed by atoms with E-state index in [2.05, 4.69) is 0 Å². The average molecular weight is 310 g/mol. The van der Waals surface area contributed by atoms with Gasteiger partial charge in [0.05, 0.1) is 18.2 Å². The van der Waals surface area contributed by atoms with E-state index in [-0.39, 0.29) is 9.92 Å². The summed E-state index contributed by atoms with van der Waals surface area (Å²) in [7, 11) is -3.60. The molecule has 2 rings (SSSR count). The molecule has 0 atom stereocenters. The summed E-state index contributed by atoms with van der Waals surface area (Å²) in [5, 5.41) is 0.592. The van der Waals surface area contributed by atoms with Gasteiger partial charge in [-0.2, -0.15) is 4.31 Å². The van der Waals surface area contributed by atoms with Gasteiger partial charge in [-0.25, -0.2) is 8.42 Å². The van der Waals surface area contributed by atoms with Crippen molar-refractivity contribution in [2.75, 3.05) is 26.3 Å². The molecule has 0 N–H and O–H groups in total. The summed E-state index contributed by atoms with van der Waals surface area (Å²) in [6.07, 6.45) is 0. The summed E-state index contributed by atoms with van der Waals surface area (Å²) in [4.78, 5) is 0.0571. The lowest BCUT2D eigenvalue weighted by molar-refractivity contribution is 0.0730. The van der Waals surface area contributed by atoms with Crippen LogP contribution < -0.4 is 0 Å². The van der Waals surface area contributed by atoms with Crippen LogP contribution in [0.25, 0.3) is 0 Å². The first-order valence-electron chi connectivity index (χ1n) is 5.46. The van der Waals surface area contributed by atoms with Crippen LogP contribution in [0.2, 0.25) is 10.0 Å². The van der Waals surface area contributed by atoms with E-state index < -0.39 is 10.0 Å². The molecule has 1 aliphatic heterocycles. The topological polar surface area (TPSA) is 46.6 Å². The lowest BCUT2D eigenvalue weighted by Gasteiger charge is -2.26. The number of morpholine rings is 1. The third-order valence-corrected chi connectivity index (χ3v) is 5.57. The van der Waals surface area contributed by atoms with E-state index in [0.29, 0.717) is 31.3 Å². The largest absolute Gasteiger partial charge is 0.379 e. The van der Waals surface area contributed by atoms with Gasteiger partial charge >= 0.3 is 0 Å². The van der Waals surface area contributed by atoms with E-state index >= 15 is 0 Å². The molecule has 100 valence electrons. The van der Waals surface area contributed by atoms with Crippen molar-refractivity contribution in [2.45, 2.75) is 11.8 Å². The lowest BCUT2D eigenvalue weighted by atomic mass is 10.2. The van der Waals surface area contributed by atoms with Crippen LogP contribution in [-0.4, -0.2) is 39.0 Å². The predicted octanol–water partition coefficient (Wildman–Crippen LogP) is 2.32. The van der Waals surface area contributed by atoms with Gasteiger partial charge in [-0.1, -0.05) is 23.2 Å². The van der Waals surface area contributed by atoms with Gasteiger partial charge in [-0.3, -0.25) is 0 Å². The monoisotopic (exact) mass is 309 g/mol. The Morgan fingerprint density at radius 1 is 1.17 bits per heavy atom. The summed E-state index contributed by atoms with van der Waals surface area (Å²) in [6, 6.07) is 2.97. The maximum Gasteiger partial charge on any atom is 0.244 e. The van der Waals surface area contributed by atoms with Gasteiger partial charge in [0.15, 0.2) is 0 Å². The molecular weight excluding hydrogens is 297 g/mol. The molecule has 0 amide bonds. The van der Waals surface area contributed by atoms with Gasteiger partial charge in [0.2, 0.25) is 10.0 Å². The van der Waals surface area contributed by atoms with Gasteiger partial charge in [-0.15, -0.1) is 0 Å². The van der Waals surface area contributed by atoms with Crippen LogP contribution in [0.3, 0.4) is 0 Å². The van der Waals surface area contributed by atoms with Crippen LogP contribution in [-0.2, 0) is 14.8 Å². The molecule has 0 saturated carbocycles. The van der Waals surface area contributed by atoms with Crippen LogP contribution in [0.1, 0.15) is 5.56 Å². The molecule has 1 heterocycles. The fourth-order valence-corrected chi connectivity index (χ4v) is 3.97. The number of halogens is 2. The molecule has 0 aliphatic carbocycles. The molecule has 18 heavy (non-hydrogen) atoms. The molecule has 0 unspecified atom stereocenters. The smallest absolute Gasteiger partial charge is 0.244 e. The minimum absolute atomic E-state index is 0.0571. The van der Waals surface area contributed by atoms with E-state index in [0.717, 1.165) is 5.56 Å². The Balaban J connectivity index is 2.43. The summed E-state index contributed by atoms with van der Waals surface area (Å²) in [5.74, 6) is 0. The number of benzene rings is 1. The van der Waals surface area contributed by atoms with Gasteiger partial charge in [0.25, 0.3) is 0 Å². The van der Waals surface area contributed by atoms with Crippen molar-refractivity contribution in [3.63, 3.8) is 0 Å². The Labute approximate surface area is 116 Å². The van der Waals surface area contributed by atoms with E-state index in [1.54, 1.807) is 13.0 Å². The Hall–Kier alpha value is -0.330. The lowest BCUT2D eigenvalue weighted by Crippen LogP contribution is -2.40. The summed E-state index contributed by atoms with van der Waals surface area (Å²) in [6.45, 7) is 3.25. The SMILES string of the molecule is Cc1cc(Cl)c(S(=O)(=O)N2CCOCC2)cc1Cl. The van der Waals surface area contributed by atoms with E-state index in [4.69, 9.17) is 27.9 Å². The molecule has 0 radical (unpaired) electrons. The highest BCUT2D eigenvalue weighted by Crippen LogP contribution is 2.30. The van der Waals surface area contributed by atoms with Gasteiger partial charge in [0, 0.05) is 18.1 Å². The maximum absolute atomic E-state index is 12.4. The van der Waals surface area contributed by atoms with Gasteiger partial charge < -0.3 is 4.74 Å². The highest BCUT2D eigenvalue weighted by atomic mass is 35.5. The first-order valence-corrected chi connectivity index (χ1v) is 7.66. The zero-order valence-electron chi connectivity index (χ0n) is 9.82. The predicted molar refractivity (Wildman–Crippen MR) is 70.8 cm³/mol. The zero-order chi connectivity index (χ0) is 13.3. The Morgan fingerprint density at radius 2 is 1.78 bits per heavy atom. The number of rotatable bonds is 2. The summed E-state index contributed by atoms with van der Waals surface area (Å²) in [5.41, 5.74) is 0.752. The molecule has 0 aromatic heterocycles. The summed E-state index contributed by atoms with van der Waals surface area (Å²) >= 11 is 12.0. The highest BCUT2D eigenvalue weighted by molar-refractivity contribution is 7.89. The molecule has 1 aromatic rings. The molecule has 0 spiro atoms. The van der Waals surface area contributed by atoms with E-state index in [1.165, 1.54) is 10.4 Å². The Morgan fingerprint density at radius 3 is 2.39 bits per heavy atom. The fraction of sp³-hybridized carbons (Fsp3) is 0.455. The second kappa shape index (κ2) is 5.35. The van der Waals surface area contributed by atoms with Crippen molar-refractivity contribution in [1.82, 2.24) is 4.31 Å². The quantitative estimate of drug-likeness (QED) is 0.842. The Bertz CT molecular complexity index is 554. The number of ether oxygens (including phenoxy) is 1. The minimum Gasteiger partial charge on any atom is -0.379 e. The Kier molecular flexibility index (Phi) is 4.18. The second-order valence-electron chi connectivity index (χ2n) is 4.05. The van der Waals surface area contributed by atoms with Crippen molar-refractivity contribution < 1.29 is 13.2 Å². The minimum atomic E-state index is -3.60. The van der Waals surface area contributed by atoms with E-state index in [9.17, 15) is 8.42 Å². The molecule has 0 bridgehead atoms. The van der Waals surface area contributed by atoms with Crippen molar-refractivity contribution in [3.05, 3.63) is 27.7 Å². The molecule has 1 aromatic carbocycles. The molecule has 7 heteroatoms. The van der Waals surface area contributed by atoms with Gasteiger partial charge in [0.1, 0.15) is 4.90 Å². The second-order valence-corrected chi connectivity index (χ2v) is 6.77. The van der Waals surface area contributed by atoms with Crippen molar-refractivity contribution in [3.8, 4) is 0 Å². The van der Waals surface area contributed by atoms with Crippen molar-refractivity contribution >= 4 is 33.2 Å². The fourth-order valence-electron chi connectivity index (χ4n) is 1.75. The number of sulfonamides is 1. The van der Waals surface area contributed by atoms with Crippen LogP contribution in [0.15, 0.2) is 17.0 Å². The number of hydrogen-bond acceptors (Lipinski definition) is 3. The molecule has 4 nitrogen and oxygen atoms in total. The molecule has 1 aliphatic rings. The first kappa shape index (κ1) is 14.1. The molecule has 1 saturated heterocycles. The van der Waals surface area contributed by atoms with Crippen molar-refractivity contribution in [1.29, 1.82) is 0 Å². The third-order valence-electron chi connectivity index (χ3n) is 2.80. The number of hydrogen-bond donors (Lipinski definition) is 0. The summed E-state index contributed by atoms with van der Waals surface area (Å²) < 4.78 is 31.3.